The number of H-pyrrole nitrogens is 1. The van der Waals surface area contributed by atoms with Crippen LogP contribution < -0.4 is 21.9 Å². The lowest BCUT2D eigenvalue weighted by Gasteiger charge is -2.15. The average molecular weight is 506 g/mol. The topological polar surface area (TPSA) is 191 Å². The summed E-state index contributed by atoms with van der Waals surface area (Å²) in [5.41, 5.74) is 6.61. The van der Waals surface area contributed by atoms with Crippen molar-refractivity contribution in [2.45, 2.75) is 25.4 Å². The Morgan fingerprint density at radius 2 is 1.85 bits per heavy atom. The number of benzene rings is 1. The molecule has 0 radical (unpaired) electrons. The molecule has 0 bridgehead atoms. The van der Waals surface area contributed by atoms with E-state index in [2.05, 4.69) is 64.8 Å². The number of carbonyl (C=O) groups is 3. The van der Waals surface area contributed by atoms with Gasteiger partial charge in [-0.05, 0) is 30.7 Å². The predicted molar refractivity (Wildman–Crippen MR) is 127 cm³/mol. The summed E-state index contributed by atoms with van der Waals surface area (Å²) >= 11 is 6.84. The Bertz CT molecular complexity index is 1270. The summed E-state index contributed by atoms with van der Waals surface area (Å²) in [6.45, 7) is 0.245. The van der Waals surface area contributed by atoms with Crippen LogP contribution in [-0.4, -0.2) is 43.8 Å². The van der Waals surface area contributed by atoms with Gasteiger partial charge in [-0.25, -0.2) is 14.8 Å². The van der Waals surface area contributed by atoms with Crippen molar-refractivity contribution in [3.8, 4) is 0 Å². The van der Waals surface area contributed by atoms with Crippen molar-refractivity contribution in [2.75, 3.05) is 11.1 Å². The van der Waals surface area contributed by atoms with E-state index in [1.165, 1.54) is 18.3 Å². The molecular weight excluding hydrogens is 486 g/mol. The maximum Gasteiger partial charge on any atom is 0.340 e. The summed E-state index contributed by atoms with van der Waals surface area (Å²) in [4.78, 5) is 62.1. The molecule has 0 saturated heterocycles. The molecule has 2 heterocycles. The van der Waals surface area contributed by atoms with Crippen molar-refractivity contribution >= 4 is 66.5 Å². The second-order valence-electron chi connectivity index (χ2n) is 6.85. The molecule has 15 heteroatoms. The van der Waals surface area contributed by atoms with E-state index in [0.717, 1.165) is 0 Å². The number of nitrogens with zero attached hydrogens (tertiary/aromatic N) is 3. The number of rotatable bonds is 9. The van der Waals surface area contributed by atoms with Gasteiger partial charge in [-0.1, -0.05) is 0 Å². The molecule has 3 rings (SSSR count). The molecule has 1 amide bonds. The SMILES string of the molecule is Nc1nc(=O)c2nc(CNc3ccc(C(=O)N[C@@H](CCC(=O)OS)C(=O)OS)cc3)cnc2[nH]1. The van der Waals surface area contributed by atoms with Crippen molar-refractivity contribution in [2.24, 2.45) is 0 Å². The van der Waals surface area contributed by atoms with Crippen LogP contribution in [0.3, 0.4) is 0 Å². The fourth-order valence-corrected chi connectivity index (χ4v) is 3.08. The predicted octanol–water partition coefficient (Wildman–Crippen LogP) is 0.562. The van der Waals surface area contributed by atoms with Crippen molar-refractivity contribution < 1.29 is 22.7 Å². The Balaban J connectivity index is 1.62. The third-order valence-electron chi connectivity index (χ3n) is 4.53. The van der Waals surface area contributed by atoms with Gasteiger partial charge in [0.05, 0.1) is 18.4 Å². The molecule has 1 aromatic carbocycles. The van der Waals surface area contributed by atoms with Crippen molar-refractivity contribution in [3.05, 3.63) is 52.1 Å². The quantitative estimate of drug-likeness (QED) is 0.176. The van der Waals surface area contributed by atoms with Crippen molar-refractivity contribution in [3.63, 3.8) is 0 Å². The number of carbonyl (C=O) groups excluding carboxylic acids is 3. The van der Waals surface area contributed by atoms with Crippen LogP contribution in [0.25, 0.3) is 11.2 Å². The lowest BCUT2D eigenvalue weighted by Crippen LogP contribution is -2.41. The van der Waals surface area contributed by atoms with Gasteiger partial charge in [-0.15, -0.1) is 0 Å². The number of nitrogens with one attached hydrogen (secondary N) is 3. The van der Waals surface area contributed by atoms with Crippen LogP contribution in [0.2, 0.25) is 0 Å². The number of amides is 1. The van der Waals surface area contributed by atoms with E-state index < -0.39 is 29.4 Å². The Morgan fingerprint density at radius 1 is 1.12 bits per heavy atom. The largest absolute Gasteiger partial charge is 0.395 e. The normalized spacial score (nSPS) is 11.5. The van der Waals surface area contributed by atoms with E-state index in [4.69, 9.17) is 5.73 Å². The molecule has 0 aliphatic carbocycles. The standard InChI is InChI=1S/C19H19N7O6S2/c20-19-25-15-14(17(29)26-19)23-11(8-22-15)7-21-10-3-1-9(2-4-10)16(28)24-12(18(30)32-34)5-6-13(27)31-33/h1-4,8,12,21,33-34H,5-7H2,(H,24,28)(H3,20,22,25,26,29)/t12-/m0/s1. The number of nitrogen functional groups attached to an aromatic ring is 1. The molecule has 5 N–H and O–H groups in total. The molecule has 2 aromatic heterocycles. The first-order valence-electron chi connectivity index (χ1n) is 9.66. The fraction of sp³-hybridized carbons (Fsp3) is 0.211. The summed E-state index contributed by atoms with van der Waals surface area (Å²) in [6.07, 6.45) is 1.27. The Kier molecular flexibility index (Phi) is 8.26. The number of aromatic amines is 1. The Hall–Kier alpha value is -3.85. The van der Waals surface area contributed by atoms with Gasteiger partial charge in [0.2, 0.25) is 5.95 Å². The molecule has 0 aliphatic heterocycles. The Morgan fingerprint density at radius 3 is 2.53 bits per heavy atom. The van der Waals surface area contributed by atoms with E-state index in [9.17, 15) is 19.2 Å². The first-order valence-corrected chi connectivity index (χ1v) is 10.4. The molecule has 0 fully saturated rings. The molecule has 0 saturated carbocycles. The van der Waals surface area contributed by atoms with Gasteiger partial charge in [0.25, 0.3) is 5.91 Å². The van der Waals surface area contributed by atoms with Gasteiger partial charge in [-0.3, -0.25) is 14.4 Å². The maximum absolute atomic E-state index is 12.5. The van der Waals surface area contributed by atoms with Gasteiger partial charge in [-0.2, -0.15) is 4.98 Å². The molecule has 0 spiro atoms. The number of aromatic nitrogens is 4. The van der Waals surface area contributed by atoms with E-state index >= 15 is 0 Å². The second kappa shape index (κ2) is 11.3. The highest BCUT2D eigenvalue weighted by Gasteiger charge is 2.24. The number of nitrogens with two attached hydrogens (primary N) is 1. The third kappa shape index (κ3) is 6.35. The van der Waals surface area contributed by atoms with Crippen LogP contribution in [0.1, 0.15) is 28.9 Å². The van der Waals surface area contributed by atoms with Crippen LogP contribution in [0.4, 0.5) is 11.6 Å². The third-order valence-corrected chi connectivity index (χ3v) is 4.92. The molecule has 13 nitrogen and oxygen atoms in total. The Labute approximate surface area is 203 Å². The van der Waals surface area contributed by atoms with Crippen LogP contribution in [0, 0.1) is 0 Å². The van der Waals surface area contributed by atoms with Gasteiger partial charge < -0.3 is 29.7 Å². The highest BCUT2D eigenvalue weighted by molar-refractivity contribution is 7.75. The zero-order valence-corrected chi connectivity index (χ0v) is 19.1. The highest BCUT2D eigenvalue weighted by atomic mass is 32.1. The number of hydrogen-bond acceptors (Lipinski definition) is 13. The average Bonchev–Trinajstić information content (AvgIpc) is 2.84. The summed E-state index contributed by atoms with van der Waals surface area (Å²) in [5, 5.41) is 5.58. The van der Waals surface area contributed by atoms with E-state index in [1.54, 1.807) is 12.1 Å². The number of fused-ring (bicyclic) bond motifs is 1. The van der Waals surface area contributed by atoms with Crippen LogP contribution in [0.15, 0.2) is 35.3 Å². The first-order chi connectivity index (χ1) is 16.3. The number of hydrogen-bond donors (Lipinski definition) is 6. The summed E-state index contributed by atoms with van der Waals surface area (Å²) in [5.74, 6) is -2.09. The van der Waals surface area contributed by atoms with Gasteiger partial charge >= 0.3 is 17.5 Å². The lowest BCUT2D eigenvalue weighted by atomic mass is 10.1. The summed E-state index contributed by atoms with van der Waals surface area (Å²) in [6, 6.07) is 5.25. The molecule has 1 atom stereocenters. The fourth-order valence-electron chi connectivity index (χ4n) is 2.86. The maximum atomic E-state index is 12.5. The molecular formula is C19H19N7O6S2. The summed E-state index contributed by atoms with van der Waals surface area (Å²) in [7, 11) is 0. The molecule has 34 heavy (non-hydrogen) atoms. The van der Waals surface area contributed by atoms with Crippen LogP contribution >= 0.6 is 25.8 Å². The van der Waals surface area contributed by atoms with Gasteiger partial charge in [0, 0.05) is 43.5 Å². The van der Waals surface area contributed by atoms with Crippen LogP contribution in [0.5, 0.6) is 0 Å². The molecule has 178 valence electrons. The first kappa shape index (κ1) is 24.8. The number of anilines is 2. The van der Waals surface area contributed by atoms with Crippen molar-refractivity contribution in [1.29, 1.82) is 0 Å². The van der Waals surface area contributed by atoms with Gasteiger partial charge in [0.15, 0.2) is 11.2 Å². The number of thiol groups is 2. The van der Waals surface area contributed by atoms with E-state index in [-0.39, 0.29) is 42.1 Å². The minimum Gasteiger partial charge on any atom is -0.395 e. The van der Waals surface area contributed by atoms with E-state index in [1.807, 2.05) is 0 Å². The minimum atomic E-state index is -1.10. The summed E-state index contributed by atoms with van der Waals surface area (Å²) < 4.78 is 8.60. The minimum absolute atomic E-state index is 0.0456. The smallest absolute Gasteiger partial charge is 0.340 e. The molecule has 0 unspecified atom stereocenters. The zero-order valence-electron chi connectivity index (χ0n) is 17.3. The van der Waals surface area contributed by atoms with Gasteiger partial charge in [0.1, 0.15) is 6.04 Å². The molecule has 0 aliphatic rings. The van der Waals surface area contributed by atoms with Crippen molar-refractivity contribution in [1.82, 2.24) is 25.3 Å². The van der Waals surface area contributed by atoms with Crippen LogP contribution in [-0.2, 0) is 24.5 Å². The second-order valence-corrected chi connectivity index (χ2v) is 7.22. The van der Waals surface area contributed by atoms with E-state index in [0.29, 0.717) is 11.4 Å². The highest BCUT2D eigenvalue weighted by Crippen LogP contribution is 2.13. The lowest BCUT2D eigenvalue weighted by molar-refractivity contribution is -0.136. The molecule has 3 aromatic rings. The zero-order chi connectivity index (χ0) is 24.7. The monoisotopic (exact) mass is 505 g/mol.